The molecule has 7 nitrogen and oxygen atoms in total. The Morgan fingerprint density at radius 1 is 1.33 bits per heavy atom. The third kappa shape index (κ3) is 4.55. The Bertz CT molecular complexity index is 779. The molecule has 1 atom stereocenters. The zero-order valence-corrected chi connectivity index (χ0v) is 17.5. The van der Waals surface area contributed by atoms with Crippen molar-refractivity contribution in [2.24, 2.45) is 0 Å². The lowest BCUT2D eigenvalue weighted by Gasteiger charge is -2.30. The fourth-order valence-electron chi connectivity index (χ4n) is 3.64. The van der Waals surface area contributed by atoms with Crippen molar-refractivity contribution in [3.05, 3.63) is 17.7 Å². The van der Waals surface area contributed by atoms with Gasteiger partial charge >= 0.3 is 0 Å². The summed E-state index contributed by atoms with van der Waals surface area (Å²) in [6.45, 7) is 8.77. The average Bonchev–Trinajstić information content (AvgIpc) is 3.12. The maximum atomic E-state index is 13.2. The molecular weight excluding hydrogens is 366 g/mol. The lowest BCUT2D eigenvalue weighted by molar-refractivity contribution is 0.0714. The standard InChI is InChI=1S/C19H31N3O4S/c1-5-21-10-8-9-14(21)13-22(6-2)19(23)15-11-18(27(24,25)7-3)16(20)12-17(15)26-4/h11-12,14H,5-10,13,20H2,1-4H3. The van der Waals surface area contributed by atoms with Gasteiger partial charge in [0.1, 0.15) is 5.75 Å². The van der Waals surface area contributed by atoms with Crippen molar-refractivity contribution in [2.45, 2.75) is 44.6 Å². The number of hydrogen-bond donors (Lipinski definition) is 1. The molecule has 1 fully saturated rings. The monoisotopic (exact) mass is 397 g/mol. The normalized spacial score (nSPS) is 17.9. The Balaban J connectivity index is 2.38. The number of sulfone groups is 1. The van der Waals surface area contributed by atoms with Gasteiger partial charge in [-0.2, -0.15) is 0 Å². The lowest BCUT2D eigenvalue weighted by atomic mass is 10.1. The van der Waals surface area contributed by atoms with Crippen LogP contribution in [-0.2, 0) is 9.84 Å². The summed E-state index contributed by atoms with van der Waals surface area (Å²) in [5.74, 6) is -0.0167. The molecule has 0 aromatic heterocycles. The lowest BCUT2D eigenvalue weighted by Crippen LogP contribution is -2.43. The van der Waals surface area contributed by atoms with E-state index in [9.17, 15) is 13.2 Å². The van der Waals surface area contributed by atoms with E-state index in [1.165, 1.54) is 19.2 Å². The first-order chi connectivity index (χ1) is 12.8. The summed E-state index contributed by atoms with van der Waals surface area (Å²) in [4.78, 5) is 17.3. The molecule has 0 aliphatic carbocycles. The number of nitrogen functional groups attached to an aromatic ring is 1. The van der Waals surface area contributed by atoms with Gasteiger partial charge in [0.2, 0.25) is 0 Å². The largest absolute Gasteiger partial charge is 0.496 e. The molecule has 0 saturated carbocycles. The second-order valence-corrected chi connectivity index (χ2v) is 9.01. The topological polar surface area (TPSA) is 92.9 Å². The highest BCUT2D eigenvalue weighted by Crippen LogP contribution is 2.30. The number of benzene rings is 1. The molecule has 0 spiro atoms. The quantitative estimate of drug-likeness (QED) is 0.675. The van der Waals surface area contributed by atoms with Crippen LogP contribution in [-0.4, -0.2) is 69.2 Å². The van der Waals surface area contributed by atoms with Crippen LogP contribution < -0.4 is 10.5 Å². The highest BCUT2D eigenvalue weighted by Gasteiger charge is 2.29. The van der Waals surface area contributed by atoms with Crippen molar-refractivity contribution in [1.82, 2.24) is 9.80 Å². The molecule has 1 aliphatic heterocycles. The number of ether oxygens (including phenoxy) is 1. The zero-order chi connectivity index (χ0) is 20.2. The number of likely N-dealkylation sites (tertiary alicyclic amines) is 1. The number of rotatable bonds is 8. The van der Waals surface area contributed by atoms with Gasteiger partial charge in [-0.1, -0.05) is 13.8 Å². The second-order valence-electron chi connectivity index (χ2n) is 6.76. The van der Waals surface area contributed by atoms with Crippen LogP contribution >= 0.6 is 0 Å². The summed E-state index contributed by atoms with van der Waals surface area (Å²) < 4.78 is 30.0. The molecule has 1 unspecified atom stereocenters. The van der Waals surface area contributed by atoms with E-state index in [0.29, 0.717) is 24.9 Å². The number of carbonyl (C=O) groups is 1. The number of anilines is 1. The highest BCUT2D eigenvalue weighted by atomic mass is 32.2. The number of nitrogens with two attached hydrogens (primary N) is 1. The number of nitrogens with zero attached hydrogens (tertiary/aromatic N) is 2. The Hall–Kier alpha value is -1.80. The first-order valence-corrected chi connectivity index (χ1v) is 11.2. The van der Waals surface area contributed by atoms with Crippen LogP contribution in [0.15, 0.2) is 17.0 Å². The van der Waals surface area contributed by atoms with Crippen LogP contribution in [0.1, 0.15) is 44.0 Å². The highest BCUT2D eigenvalue weighted by molar-refractivity contribution is 7.91. The molecule has 2 N–H and O–H groups in total. The van der Waals surface area contributed by atoms with Crippen LogP contribution in [0.25, 0.3) is 0 Å². The van der Waals surface area contributed by atoms with Crippen LogP contribution in [0.4, 0.5) is 5.69 Å². The minimum absolute atomic E-state index is 0.0127. The molecule has 1 saturated heterocycles. The molecule has 2 rings (SSSR count). The Morgan fingerprint density at radius 3 is 2.59 bits per heavy atom. The van der Waals surface area contributed by atoms with Gasteiger partial charge in [0, 0.05) is 25.2 Å². The SMILES string of the molecule is CCN(CC1CCCN1CC)C(=O)c1cc(S(=O)(=O)CC)c(N)cc1OC. The zero-order valence-electron chi connectivity index (χ0n) is 16.7. The Morgan fingerprint density at radius 2 is 2.04 bits per heavy atom. The summed E-state index contributed by atoms with van der Waals surface area (Å²) in [6, 6.07) is 3.12. The molecule has 1 aromatic rings. The summed E-state index contributed by atoms with van der Waals surface area (Å²) in [5.41, 5.74) is 6.25. The first-order valence-electron chi connectivity index (χ1n) is 9.52. The maximum absolute atomic E-state index is 13.2. The molecule has 0 bridgehead atoms. The maximum Gasteiger partial charge on any atom is 0.257 e. The van der Waals surface area contributed by atoms with Crippen molar-refractivity contribution in [3.63, 3.8) is 0 Å². The van der Waals surface area contributed by atoms with E-state index in [-0.39, 0.29) is 27.8 Å². The predicted octanol–water partition coefficient (Wildman–Crippen LogP) is 2.02. The molecular formula is C19H31N3O4S. The summed E-state index contributed by atoms with van der Waals surface area (Å²) in [7, 11) is -2.09. The third-order valence-corrected chi connectivity index (χ3v) is 7.07. The van der Waals surface area contributed by atoms with Gasteiger partial charge in [-0.05, 0) is 38.9 Å². The van der Waals surface area contributed by atoms with E-state index in [1.807, 2.05) is 6.92 Å². The van der Waals surface area contributed by atoms with Gasteiger partial charge in [-0.15, -0.1) is 0 Å². The van der Waals surface area contributed by atoms with E-state index >= 15 is 0 Å². The summed E-state index contributed by atoms with van der Waals surface area (Å²) in [5, 5.41) is 0. The minimum atomic E-state index is -3.54. The van der Waals surface area contributed by atoms with Crippen LogP contribution in [0.2, 0.25) is 0 Å². The number of hydrogen-bond acceptors (Lipinski definition) is 6. The van der Waals surface area contributed by atoms with E-state index in [2.05, 4.69) is 11.8 Å². The van der Waals surface area contributed by atoms with E-state index < -0.39 is 9.84 Å². The minimum Gasteiger partial charge on any atom is -0.496 e. The average molecular weight is 398 g/mol. The fourth-order valence-corrected chi connectivity index (χ4v) is 4.66. The second kappa shape index (κ2) is 8.93. The molecule has 8 heteroatoms. The Labute approximate surface area is 162 Å². The fraction of sp³-hybridized carbons (Fsp3) is 0.632. The number of methoxy groups -OCH3 is 1. The van der Waals surface area contributed by atoms with Crippen molar-refractivity contribution in [2.75, 3.05) is 44.8 Å². The smallest absolute Gasteiger partial charge is 0.257 e. The predicted molar refractivity (Wildman–Crippen MR) is 107 cm³/mol. The Kier molecular flexibility index (Phi) is 7.11. The molecule has 1 amide bonds. The van der Waals surface area contributed by atoms with Gasteiger partial charge in [0.25, 0.3) is 5.91 Å². The van der Waals surface area contributed by atoms with Crippen LogP contribution in [0.3, 0.4) is 0 Å². The number of carbonyl (C=O) groups excluding carboxylic acids is 1. The van der Waals surface area contributed by atoms with E-state index in [4.69, 9.17) is 10.5 Å². The molecule has 152 valence electrons. The summed E-state index contributed by atoms with van der Waals surface area (Å²) >= 11 is 0. The molecule has 1 heterocycles. The molecule has 27 heavy (non-hydrogen) atoms. The molecule has 0 radical (unpaired) electrons. The van der Waals surface area contributed by atoms with Crippen molar-refractivity contribution in [1.29, 1.82) is 0 Å². The van der Waals surface area contributed by atoms with Gasteiger partial charge in [-0.25, -0.2) is 8.42 Å². The van der Waals surface area contributed by atoms with Crippen LogP contribution in [0, 0.1) is 0 Å². The first kappa shape index (κ1) is 21.5. The van der Waals surface area contributed by atoms with Gasteiger partial charge in [0.15, 0.2) is 9.84 Å². The number of likely N-dealkylation sites (N-methyl/N-ethyl adjacent to an activating group) is 2. The summed E-state index contributed by atoms with van der Waals surface area (Å²) in [6.07, 6.45) is 2.19. The van der Waals surface area contributed by atoms with Crippen molar-refractivity contribution < 1.29 is 17.9 Å². The molecule has 1 aliphatic rings. The van der Waals surface area contributed by atoms with Gasteiger partial charge in [-0.3, -0.25) is 9.69 Å². The van der Waals surface area contributed by atoms with Crippen LogP contribution in [0.5, 0.6) is 5.75 Å². The van der Waals surface area contributed by atoms with Gasteiger partial charge in [0.05, 0.1) is 29.0 Å². The molecule has 1 aromatic carbocycles. The van der Waals surface area contributed by atoms with Gasteiger partial charge < -0.3 is 15.4 Å². The van der Waals surface area contributed by atoms with Crippen molar-refractivity contribution >= 4 is 21.4 Å². The third-order valence-electron chi connectivity index (χ3n) is 5.28. The number of amides is 1. The van der Waals surface area contributed by atoms with Crippen molar-refractivity contribution in [3.8, 4) is 5.75 Å². The van der Waals surface area contributed by atoms with E-state index in [0.717, 1.165) is 25.9 Å². The van der Waals surface area contributed by atoms with E-state index in [1.54, 1.807) is 11.8 Å².